The zero-order chi connectivity index (χ0) is 13.7. The maximum absolute atomic E-state index is 9.02. The molecule has 0 aliphatic heterocycles. The van der Waals surface area contributed by atoms with E-state index in [2.05, 4.69) is 32.3 Å². The largest absolute Gasteiger partial charge is 0.495 e. The van der Waals surface area contributed by atoms with Crippen LogP contribution in [0.4, 0.5) is 5.69 Å². The molecule has 4 nitrogen and oxygen atoms in total. The van der Waals surface area contributed by atoms with E-state index in [1.54, 1.807) is 19.4 Å². The van der Waals surface area contributed by atoms with Gasteiger partial charge in [-0.25, -0.2) is 4.98 Å². The van der Waals surface area contributed by atoms with Crippen molar-refractivity contribution in [2.24, 2.45) is 0 Å². The first kappa shape index (κ1) is 13.4. The predicted octanol–water partition coefficient (Wildman–Crippen LogP) is 3.34. The van der Waals surface area contributed by atoms with Gasteiger partial charge in [0.1, 0.15) is 16.4 Å². The molecule has 1 N–H and O–H groups in total. The number of anilines is 1. The molecule has 0 bridgehead atoms. The lowest BCUT2D eigenvalue weighted by Crippen LogP contribution is -2.00. The summed E-state index contributed by atoms with van der Waals surface area (Å²) in [4.78, 5) is 4.13. The molecule has 2 rings (SSSR count). The van der Waals surface area contributed by atoms with Gasteiger partial charge in [0.05, 0.1) is 24.6 Å². The van der Waals surface area contributed by atoms with Crippen molar-refractivity contribution in [3.05, 3.63) is 52.3 Å². The molecule has 0 spiro atoms. The van der Waals surface area contributed by atoms with Crippen LogP contribution in [0.5, 0.6) is 5.75 Å². The Kier molecular flexibility index (Phi) is 4.37. The highest BCUT2D eigenvalue weighted by molar-refractivity contribution is 9.10. The van der Waals surface area contributed by atoms with E-state index in [1.807, 2.05) is 24.3 Å². The summed E-state index contributed by atoms with van der Waals surface area (Å²) in [6, 6.07) is 11.5. The van der Waals surface area contributed by atoms with Crippen LogP contribution in [-0.2, 0) is 6.54 Å². The molecule has 0 saturated heterocycles. The van der Waals surface area contributed by atoms with Crippen molar-refractivity contribution >= 4 is 21.6 Å². The zero-order valence-electron chi connectivity index (χ0n) is 10.4. The summed E-state index contributed by atoms with van der Waals surface area (Å²) in [6.45, 7) is 0.627. The Balaban J connectivity index is 2.08. The van der Waals surface area contributed by atoms with E-state index < -0.39 is 0 Å². The van der Waals surface area contributed by atoms with Gasteiger partial charge in [-0.05, 0) is 45.8 Å². The second-order valence-corrected chi connectivity index (χ2v) is 4.68. The van der Waals surface area contributed by atoms with Gasteiger partial charge in [-0.3, -0.25) is 0 Å². The highest BCUT2D eigenvalue weighted by atomic mass is 79.9. The third kappa shape index (κ3) is 3.46. The normalized spacial score (nSPS) is 9.74. The number of hydrogen-bond acceptors (Lipinski definition) is 4. The molecule has 2 aromatic rings. The number of nitrogens with zero attached hydrogens (tertiary/aromatic N) is 2. The molecule has 0 amide bonds. The van der Waals surface area contributed by atoms with Crippen LogP contribution in [0.15, 0.2) is 41.1 Å². The van der Waals surface area contributed by atoms with Gasteiger partial charge in [-0.2, -0.15) is 5.26 Å². The van der Waals surface area contributed by atoms with Crippen molar-refractivity contribution in [1.82, 2.24) is 4.98 Å². The monoisotopic (exact) mass is 317 g/mol. The molecule has 0 radical (unpaired) electrons. The second-order valence-electron chi connectivity index (χ2n) is 3.87. The molecule has 5 heteroatoms. The SMILES string of the molecule is COc1ccc(CNc2ccc(Br)nc2)cc1C#N. The number of benzene rings is 1. The van der Waals surface area contributed by atoms with Crippen LogP contribution in [0.25, 0.3) is 0 Å². The summed E-state index contributed by atoms with van der Waals surface area (Å²) in [5.41, 5.74) is 2.48. The van der Waals surface area contributed by atoms with Crippen molar-refractivity contribution in [1.29, 1.82) is 5.26 Å². The minimum Gasteiger partial charge on any atom is -0.495 e. The quantitative estimate of drug-likeness (QED) is 0.879. The standard InChI is InChI=1S/C14H12BrN3O/c1-19-13-4-2-10(6-11(13)7-16)8-17-12-3-5-14(15)18-9-12/h2-6,9,17H,8H2,1H3. The fourth-order valence-electron chi connectivity index (χ4n) is 1.64. The minimum atomic E-state index is 0.538. The molecule has 1 aromatic heterocycles. The van der Waals surface area contributed by atoms with E-state index in [9.17, 15) is 0 Å². The Morgan fingerprint density at radius 1 is 1.37 bits per heavy atom. The maximum atomic E-state index is 9.02. The predicted molar refractivity (Wildman–Crippen MR) is 77.0 cm³/mol. The highest BCUT2D eigenvalue weighted by Crippen LogP contribution is 2.19. The Bertz CT molecular complexity index is 605. The summed E-state index contributed by atoms with van der Waals surface area (Å²) in [5.74, 6) is 0.594. The third-order valence-corrected chi connectivity index (χ3v) is 3.08. The van der Waals surface area contributed by atoms with E-state index in [0.29, 0.717) is 17.9 Å². The van der Waals surface area contributed by atoms with Crippen LogP contribution in [-0.4, -0.2) is 12.1 Å². The average Bonchev–Trinajstić information content (AvgIpc) is 2.46. The highest BCUT2D eigenvalue weighted by Gasteiger charge is 2.03. The lowest BCUT2D eigenvalue weighted by molar-refractivity contribution is 0.413. The molecule has 0 atom stereocenters. The van der Waals surface area contributed by atoms with E-state index in [-0.39, 0.29) is 0 Å². The number of nitrogens with one attached hydrogen (secondary N) is 1. The molecular weight excluding hydrogens is 306 g/mol. The van der Waals surface area contributed by atoms with Gasteiger partial charge >= 0.3 is 0 Å². The van der Waals surface area contributed by atoms with Crippen molar-refractivity contribution in [3.8, 4) is 11.8 Å². The Labute approximate surface area is 120 Å². The molecule has 1 aromatic carbocycles. The Morgan fingerprint density at radius 2 is 2.21 bits per heavy atom. The van der Waals surface area contributed by atoms with E-state index in [0.717, 1.165) is 15.9 Å². The molecule has 96 valence electrons. The van der Waals surface area contributed by atoms with Crippen LogP contribution in [0.1, 0.15) is 11.1 Å². The van der Waals surface area contributed by atoms with E-state index in [4.69, 9.17) is 10.00 Å². The van der Waals surface area contributed by atoms with Crippen LogP contribution >= 0.6 is 15.9 Å². The van der Waals surface area contributed by atoms with Crippen LogP contribution < -0.4 is 10.1 Å². The number of hydrogen-bond donors (Lipinski definition) is 1. The first-order valence-corrected chi connectivity index (χ1v) is 6.44. The van der Waals surface area contributed by atoms with Gasteiger partial charge < -0.3 is 10.1 Å². The minimum absolute atomic E-state index is 0.538. The summed E-state index contributed by atoms with van der Waals surface area (Å²) >= 11 is 3.29. The van der Waals surface area contributed by atoms with Crippen molar-refractivity contribution in [3.63, 3.8) is 0 Å². The number of methoxy groups -OCH3 is 1. The van der Waals surface area contributed by atoms with Crippen LogP contribution in [0.2, 0.25) is 0 Å². The summed E-state index contributed by atoms with van der Waals surface area (Å²) in [7, 11) is 1.56. The van der Waals surface area contributed by atoms with Gasteiger partial charge in [0.2, 0.25) is 0 Å². The molecule has 0 aliphatic rings. The molecule has 0 unspecified atom stereocenters. The lowest BCUT2D eigenvalue weighted by Gasteiger charge is -2.08. The van der Waals surface area contributed by atoms with Gasteiger partial charge in [0, 0.05) is 6.54 Å². The zero-order valence-corrected chi connectivity index (χ0v) is 11.9. The van der Waals surface area contributed by atoms with Crippen LogP contribution in [0, 0.1) is 11.3 Å². The first-order chi connectivity index (χ1) is 9.22. The van der Waals surface area contributed by atoms with Crippen molar-refractivity contribution in [2.75, 3.05) is 12.4 Å². The summed E-state index contributed by atoms with van der Waals surface area (Å²) < 4.78 is 5.91. The Morgan fingerprint density at radius 3 is 2.84 bits per heavy atom. The molecular formula is C14H12BrN3O. The number of nitriles is 1. The average molecular weight is 318 g/mol. The van der Waals surface area contributed by atoms with Crippen molar-refractivity contribution in [2.45, 2.75) is 6.54 Å². The summed E-state index contributed by atoms with van der Waals surface area (Å²) in [5, 5.41) is 12.3. The Hall–Kier alpha value is -2.06. The fourth-order valence-corrected chi connectivity index (χ4v) is 1.87. The number of rotatable bonds is 4. The number of pyridine rings is 1. The lowest BCUT2D eigenvalue weighted by atomic mass is 10.1. The fraction of sp³-hybridized carbons (Fsp3) is 0.143. The second kappa shape index (κ2) is 6.21. The number of ether oxygens (including phenoxy) is 1. The smallest absolute Gasteiger partial charge is 0.136 e. The summed E-state index contributed by atoms with van der Waals surface area (Å²) in [6.07, 6.45) is 1.75. The molecule has 0 aliphatic carbocycles. The van der Waals surface area contributed by atoms with E-state index in [1.165, 1.54) is 0 Å². The first-order valence-electron chi connectivity index (χ1n) is 5.65. The third-order valence-electron chi connectivity index (χ3n) is 2.61. The van der Waals surface area contributed by atoms with Crippen molar-refractivity contribution < 1.29 is 4.74 Å². The van der Waals surface area contributed by atoms with E-state index >= 15 is 0 Å². The van der Waals surface area contributed by atoms with Crippen LogP contribution in [0.3, 0.4) is 0 Å². The molecule has 19 heavy (non-hydrogen) atoms. The van der Waals surface area contributed by atoms with Gasteiger partial charge in [0.25, 0.3) is 0 Å². The molecule has 0 saturated carbocycles. The topological polar surface area (TPSA) is 57.9 Å². The number of halogens is 1. The molecule has 1 heterocycles. The number of aromatic nitrogens is 1. The molecule has 0 fully saturated rings. The maximum Gasteiger partial charge on any atom is 0.136 e. The van der Waals surface area contributed by atoms with Gasteiger partial charge in [-0.1, -0.05) is 6.07 Å². The van der Waals surface area contributed by atoms with Gasteiger partial charge in [-0.15, -0.1) is 0 Å². The van der Waals surface area contributed by atoms with Gasteiger partial charge in [0.15, 0.2) is 0 Å².